The summed E-state index contributed by atoms with van der Waals surface area (Å²) < 4.78 is 438. The second kappa shape index (κ2) is 23.6. The summed E-state index contributed by atoms with van der Waals surface area (Å²) in [5.74, 6) is -1.85. The highest BCUT2D eigenvalue weighted by Gasteiger charge is 2.43. The van der Waals surface area contributed by atoms with Crippen LogP contribution < -0.4 is 0 Å². The van der Waals surface area contributed by atoms with Crippen molar-refractivity contribution in [2.45, 2.75) is 61.8 Å². The summed E-state index contributed by atoms with van der Waals surface area (Å²) in [5.41, 5.74) is -29.5. The van der Waals surface area contributed by atoms with Crippen LogP contribution >= 0.6 is 0 Å². The van der Waals surface area contributed by atoms with Gasteiger partial charge in [0.1, 0.15) is 11.6 Å². The molecule has 0 fully saturated rings. The van der Waals surface area contributed by atoms with Crippen molar-refractivity contribution in [3.63, 3.8) is 0 Å². The third-order valence-corrected chi connectivity index (χ3v) is 16.4. The van der Waals surface area contributed by atoms with E-state index in [2.05, 4.69) is 4.98 Å². The molecule has 0 N–H and O–H groups in total. The number of alkyl halides is 30. The Balaban J connectivity index is 1.27. The molecule has 102 heavy (non-hydrogen) atoms. The summed E-state index contributed by atoms with van der Waals surface area (Å²) in [7, 11) is 0. The molecule has 3 heterocycles. The second-order valence-corrected chi connectivity index (χ2v) is 23.1. The van der Waals surface area contributed by atoms with Crippen LogP contribution in [0.25, 0.3) is 111 Å². The van der Waals surface area contributed by atoms with Crippen LogP contribution in [-0.2, 0) is 61.8 Å². The third-order valence-electron chi connectivity index (χ3n) is 16.4. The Morgan fingerprint density at radius 1 is 0.167 bits per heavy atom. The van der Waals surface area contributed by atoms with Crippen molar-refractivity contribution in [2.75, 3.05) is 0 Å². The van der Waals surface area contributed by atoms with Crippen LogP contribution in [0, 0.1) is 0 Å². The maximum atomic E-state index is 14.9. The molecule has 3 nitrogen and oxygen atoms in total. The molecule has 0 saturated carbocycles. The van der Waals surface area contributed by atoms with Crippen LogP contribution in [0.2, 0.25) is 0 Å². The highest BCUT2D eigenvalue weighted by Crippen LogP contribution is 2.49. The molecule has 33 heteroatoms. The van der Waals surface area contributed by atoms with Crippen molar-refractivity contribution in [2.24, 2.45) is 0 Å². The van der Waals surface area contributed by atoms with E-state index in [1.807, 2.05) is 0 Å². The minimum atomic E-state index is -5.69. The van der Waals surface area contributed by atoms with Gasteiger partial charge in [0.05, 0.1) is 77.7 Å². The van der Waals surface area contributed by atoms with Gasteiger partial charge in [-0.2, -0.15) is 132 Å². The zero-order valence-electron chi connectivity index (χ0n) is 49.4. The van der Waals surface area contributed by atoms with Gasteiger partial charge in [0, 0.05) is 21.5 Å². The number of hydrogen-bond donors (Lipinski definition) is 0. The average Bonchev–Trinajstić information content (AvgIpc) is 1.57. The summed E-state index contributed by atoms with van der Waals surface area (Å²) in [4.78, 5) is 4.66. The number of aromatic nitrogens is 3. The van der Waals surface area contributed by atoms with Gasteiger partial charge >= 0.3 is 61.8 Å². The normalized spacial score (nSPS) is 13.6. The van der Waals surface area contributed by atoms with E-state index in [1.54, 1.807) is 0 Å². The molecular weight excluding hydrogens is 1440 g/mol. The lowest BCUT2D eigenvalue weighted by Gasteiger charge is -2.18. The lowest BCUT2D eigenvalue weighted by molar-refractivity contribution is -0.144. The Bertz CT molecular complexity index is 4650. The van der Waals surface area contributed by atoms with Gasteiger partial charge in [0.25, 0.3) is 0 Å². The number of rotatable bonds is 7. The fraction of sp³-hybridized carbons (Fsp3) is 0.145. The molecule has 0 spiro atoms. The quantitative estimate of drug-likeness (QED) is 0.146. The average molecular weight is 1470 g/mol. The zero-order valence-corrected chi connectivity index (χ0v) is 49.4. The van der Waals surface area contributed by atoms with Crippen LogP contribution in [0.15, 0.2) is 176 Å². The Labute approximate surface area is 548 Å². The number of halogens is 30. The summed E-state index contributed by atoms with van der Waals surface area (Å²) in [6.07, 6.45) is -55.6. The van der Waals surface area contributed by atoms with Crippen molar-refractivity contribution in [3.05, 3.63) is 232 Å². The van der Waals surface area contributed by atoms with E-state index >= 15 is 0 Å². The van der Waals surface area contributed by atoms with E-state index in [9.17, 15) is 132 Å². The van der Waals surface area contributed by atoms with E-state index in [0.717, 1.165) is 81.9 Å². The molecule has 0 radical (unpaired) electrons. The third kappa shape index (κ3) is 13.8. The van der Waals surface area contributed by atoms with E-state index < -0.39 is 207 Å². The number of pyridine rings is 1. The number of fused-ring (bicyclic) bond motifs is 6. The van der Waals surface area contributed by atoms with E-state index in [0.29, 0.717) is 12.1 Å². The lowest BCUT2D eigenvalue weighted by Crippen LogP contribution is -2.11. The second-order valence-electron chi connectivity index (χ2n) is 23.1. The van der Waals surface area contributed by atoms with Crippen LogP contribution in [-0.4, -0.2) is 14.1 Å². The van der Waals surface area contributed by atoms with Crippen LogP contribution in [0.5, 0.6) is 0 Å². The molecule has 0 aliphatic carbocycles. The molecule has 12 rings (SSSR count). The largest absolute Gasteiger partial charge is 0.416 e. The van der Waals surface area contributed by atoms with Crippen molar-refractivity contribution in [3.8, 4) is 67.3 Å². The standard InChI is InChI=1S/C69H29F30N3/c70-60(71,72)40-9-34(10-41(25-40)61(73,74)75)30-1-5-50-51-6-2-31(35-11-42(62(76,77)78)26-43(12-35)63(79,80)81)20-55(51)101(54(50)19-30)58-23-39(38-17-48(68(94,95)96)29-49(18-38)69(97,98)99)24-59(100-58)102-56-21-32(36-13-44(64(82,83)84)27-45(14-36)65(85,86)87)3-7-52(56)53-8-4-33(22-57(53)102)37-15-46(66(88,89)90)28-47(16-37)67(91,92)93/h1-29H. The smallest absolute Gasteiger partial charge is 0.294 e. The highest BCUT2D eigenvalue weighted by atomic mass is 19.4. The molecular formula is C69H29F30N3. The molecule has 0 aliphatic rings. The molecule has 9 aromatic carbocycles. The predicted molar refractivity (Wildman–Crippen MR) is 310 cm³/mol. The number of nitrogens with zero attached hydrogens (tertiary/aromatic N) is 3. The first-order valence-corrected chi connectivity index (χ1v) is 28.5. The van der Waals surface area contributed by atoms with E-state index in [4.69, 9.17) is 0 Å². The van der Waals surface area contributed by atoms with Crippen molar-refractivity contribution < 1.29 is 132 Å². The summed E-state index contributed by atoms with van der Waals surface area (Å²) in [6.45, 7) is 0. The highest BCUT2D eigenvalue weighted by molar-refractivity contribution is 6.13. The molecule has 0 saturated heterocycles. The molecule has 0 aliphatic heterocycles. The topological polar surface area (TPSA) is 22.8 Å². The monoisotopic (exact) mass is 1470 g/mol. The SMILES string of the molecule is FC(F)(F)c1cc(-c2cc(-n3c4cc(-c5cc(C(F)(F)F)cc(C(F)(F)F)c5)ccc4c4ccc(-c5cc(C(F)(F)F)cc(C(F)(F)F)c5)cc43)nc(-n3c4cc(-c5cc(C(F)(F)F)cc(C(F)(F)F)c5)ccc4c4ccc(-c5cc(C(F)(F)F)cc(C(F)(F)F)c5)cc43)c2)cc(C(F)(F)F)c1. The molecule has 12 aromatic rings. The first kappa shape index (κ1) is 71.5. The minimum absolute atomic E-state index is 0.109. The Morgan fingerprint density at radius 3 is 0.471 bits per heavy atom. The molecule has 0 unspecified atom stereocenters. The summed E-state index contributed by atoms with van der Waals surface area (Å²) in [5, 5.41) is -0.943. The first-order chi connectivity index (χ1) is 46.8. The predicted octanol–water partition coefficient (Wildman–Crippen LogP) is 25.8. The van der Waals surface area contributed by atoms with E-state index in [-0.39, 0.29) is 113 Å². The molecule has 0 bridgehead atoms. The van der Waals surface area contributed by atoms with Gasteiger partial charge in [-0.25, -0.2) is 4.98 Å². The maximum absolute atomic E-state index is 14.9. The van der Waals surface area contributed by atoms with Crippen LogP contribution in [0.3, 0.4) is 0 Å². The molecule has 0 amide bonds. The van der Waals surface area contributed by atoms with Gasteiger partial charge in [-0.1, -0.05) is 48.5 Å². The maximum Gasteiger partial charge on any atom is 0.416 e. The van der Waals surface area contributed by atoms with Gasteiger partial charge in [-0.15, -0.1) is 0 Å². The molecule has 530 valence electrons. The fourth-order valence-corrected chi connectivity index (χ4v) is 11.8. The van der Waals surface area contributed by atoms with Gasteiger partial charge in [-0.05, 0) is 183 Å². The van der Waals surface area contributed by atoms with Gasteiger partial charge < -0.3 is 0 Å². The molecule has 0 atom stereocenters. The van der Waals surface area contributed by atoms with Crippen LogP contribution in [0.1, 0.15) is 55.6 Å². The number of hydrogen-bond acceptors (Lipinski definition) is 1. The Hall–Kier alpha value is -10.4. The lowest BCUT2D eigenvalue weighted by atomic mass is 9.97. The summed E-state index contributed by atoms with van der Waals surface area (Å²) in [6, 6.07) is 12.9. The first-order valence-electron chi connectivity index (χ1n) is 28.5. The number of benzene rings is 9. The van der Waals surface area contributed by atoms with Crippen molar-refractivity contribution >= 4 is 43.6 Å². The van der Waals surface area contributed by atoms with Crippen molar-refractivity contribution in [1.82, 2.24) is 14.1 Å². The van der Waals surface area contributed by atoms with Crippen molar-refractivity contribution in [1.29, 1.82) is 0 Å². The molecule has 3 aromatic heterocycles. The zero-order chi connectivity index (χ0) is 74.7. The van der Waals surface area contributed by atoms with Gasteiger partial charge in [0.15, 0.2) is 0 Å². The van der Waals surface area contributed by atoms with E-state index in [1.165, 1.54) is 0 Å². The minimum Gasteiger partial charge on any atom is -0.294 e. The Kier molecular flexibility index (Phi) is 16.5. The van der Waals surface area contributed by atoms with Gasteiger partial charge in [-0.3, -0.25) is 9.13 Å². The Morgan fingerprint density at radius 2 is 0.314 bits per heavy atom. The van der Waals surface area contributed by atoms with Gasteiger partial charge in [0.2, 0.25) is 0 Å². The summed E-state index contributed by atoms with van der Waals surface area (Å²) >= 11 is 0. The van der Waals surface area contributed by atoms with Crippen LogP contribution in [0.4, 0.5) is 132 Å². The fourth-order valence-electron chi connectivity index (χ4n) is 11.8.